The van der Waals surface area contributed by atoms with Crippen LogP contribution in [0.2, 0.25) is 10.3 Å². The molecule has 1 rings (SSSR count). The molecule has 0 saturated heterocycles. The van der Waals surface area contributed by atoms with Crippen molar-refractivity contribution in [1.29, 1.82) is 0 Å². The molecule has 78 valence electrons. The van der Waals surface area contributed by atoms with Crippen LogP contribution in [0.15, 0.2) is 12.1 Å². The Bertz CT molecular complexity index is 413. The summed E-state index contributed by atoms with van der Waals surface area (Å²) in [4.78, 5) is 3.73. The van der Waals surface area contributed by atoms with Gasteiger partial charge in [-0.3, -0.25) is 0 Å². The number of nitrogens with zero attached hydrogens (tertiary/aromatic N) is 1. The van der Waals surface area contributed by atoms with Crippen molar-refractivity contribution in [2.75, 3.05) is 6.26 Å². The van der Waals surface area contributed by atoms with Gasteiger partial charge in [-0.15, -0.1) is 0 Å². The molecule has 0 spiro atoms. The first-order valence-electron chi connectivity index (χ1n) is 3.63. The van der Waals surface area contributed by atoms with E-state index in [9.17, 15) is 8.42 Å². The van der Waals surface area contributed by atoms with Crippen LogP contribution in [-0.4, -0.2) is 19.7 Å². The minimum atomic E-state index is -3.20. The number of pyridine rings is 1. The van der Waals surface area contributed by atoms with Gasteiger partial charge in [-0.1, -0.05) is 23.2 Å². The molecular formula is C7H8Cl2N2O2S. The smallest absolute Gasteiger partial charge is 0.209 e. The Balaban J connectivity index is 2.78. The third-order valence-corrected chi connectivity index (χ3v) is 2.42. The van der Waals surface area contributed by atoms with Crippen molar-refractivity contribution in [2.24, 2.45) is 0 Å². The van der Waals surface area contributed by atoms with Gasteiger partial charge in [0, 0.05) is 6.54 Å². The Morgan fingerprint density at radius 3 is 2.29 bits per heavy atom. The fraction of sp³-hybridized carbons (Fsp3) is 0.286. The monoisotopic (exact) mass is 254 g/mol. The third kappa shape index (κ3) is 4.23. The van der Waals surface area contributed by atoms with Gasteiger partial charge in [0.2, 0.25) is 10.0 Å². The molecule has 14 heavy (non-hydrogen) atoms. The average molecular weight is 255 g/mol. The summed E-state index contributed by atoms with van der Waals surface area (Å²) in [6, 6.07) is 3.09. The zero-order chi connectivity index (χ0) is 10.8. The molecule has 0 aliphatic heterocycles. The van der Waals surface area contributed by atoms with Gasteiger partial charge in [0.1, 0.15) is 10.3 Å². The van der Waals surface area contributed by atoms with Gasteiger partial charge >= 0.3 is 0 Å². The fourth-order valence-electron chi connectivity index (χ4n) is 0.831. The molecule has 0 unspecified atom stereocenters. The van der Waals surface area contributed by atoms with Crippen LogP contribution in [-0.2, 0) is 16.6 Å². The summed E-state index contributed by atoms with van der Waals surface area (Å²) in [5, 5.41) is 0.477. The lowest BCUT2D eigenvalue weighted by Gasteiger charge is -2.03. The number of aromatic nitrogens is 1. The minimum Gasteiger partial charge on any atom is -0.224 e. The normalized spacial score (nSPS) is 11.6. The van der Waals surface area contributed by atoms with Gasteiger partial charge in [-0.2, -0.15) is 0 Å². The molecule has 1 heterocycles. The van der Waals surface area contributed by atoms with E-state index in [1.54, 1.807) is 12.1 Å². The van der Waals surface area contributed by atoms with Crippen LogP contribution in [0.3, 0.4) is 0 Å². The van der Waals surface area contributed by atoms with E-state index in [-0.39, 0.29) is 16.9 Å². The molecule has 0 saturated carbocycles. The van der Waals surface area contributed by atoms with Crippen molar-refractivity contribution < 1.29 is 8.42 Å². The van der Waals surface area contributed by atoms with Gasteiger partial charge in [0.25, 0.3) is 0 Å². The first kappa shape index (κ1) is 11.7. The summed E-state index contributed by atoms with van der Waals surface area (Å²) in [5.74, 6) is 0. The molecule has 4 nitrogen and oxygen atoms in total. The van der Waals surface area contributed by atoms with Crippen LogP contribution in [0, 0.1) is 0 Å². The molecule has 0 aromatic carbocycles. The van der Waals surface area contributed by atoms with Crippen LogP contribution in [0.25, 0.3) is 0 Å². The standard InChI is InChI=1S/C7H8Cl2N2O2S/c1-14(12,13)10-4-5-2-6(8)11-7(9)3-5/h2-3,10H,4H2,1H3. The summed E-state index contributed by atoms with van der Waals surface area (Å²) >= 11 is 11.3. The van der Waals surface area contributed by atoms with E-state index in [0.717, 1.165) is 6.26 Å². The second-order valence-corrected chi connectivity index (χ2v) is 5.32. The van der Waals surface area contributed by atoms with Crippen molar-refractivity contribution in [3.8, 4) is 0 Å². The van der Waals surface area contributed by atoms with Gasteiger partial charge in [0.05, 0.1) is 6.26 Å². The Hall–Kier alpha value is -0.360. The second-order valence-electron chi connectivity index (χ2n) is 2.71. The Morgan fingerprint density at radius 1 is 1.36 bits per heavy atom. The highest BCUT2D eigenvalue weighted by atomic mass is 35.5. The maximum absolute atomic E-state index is 10.8. The molecule has 0 fully saturated rings. The highest BCUT2D eigenvalue weighted by molar-refractivity contribution is 7.88. The van der Waals surface area contributed by atoms with E-state index < -0.39 is 10.0 Å². The minimum absolute atomic E-state index is 0.154. The SMILES string of the molecule is CS(=O)(=O)NCc1cc(Cl)nc(Cl)c1. The van der Waals surface area contributed by atoms with Gasteiger partial charge in [-0.05, 0) is 17.7 Å². The molecule has 0 bridgehead atoms. The van der Waals surface area contributed by atoms with Crippen LogP contribution in [0.4, 0.5) is 0 Å². The maximum Gasteiger partial charge on any atom is 0.209 e. The Kier molecular flexibility index (Phi) is 3.71. The number of halogens is 2. The van der Waals surface area contributed by atoms with E-state index >= 15 is 0 Å². The number of rotatable bonds is 3. The van der Waals surface area contributed by atoms with E-state index in [1.165, 1.54) is 0 Å². The van der Waals surface area contributed by atoms with Crippen molar-refractivity contribution in [3.05, 3.63) is 28.0 Å². The third-order valence-electron chi connectivity index (χ3n) is 1.36. The van der Waals surface area contributed by atoms with Crippen molar-refractivity contribution >= 4 is 33.2 Å². The quantitative estimate of drug-likeness (QED) is 0.831. The van der Waals surface area contributed by atoms with Gasteiger partial charge in [-0.25, -0.2) is 18.1 Å². The molecule has 1 aromatic heterocycles. The lowest BCUT2D eigenvalue weighted by atomic mass is 10.3. The number of sulfonamides is 1. The van der Waals surface area contributed by atoms with E-state index in [0.29, 0.717) is 5.56 Å². The van der Waals surface area contributed by atoms with Crippen molar-refractivity contribution in [1.82, 2.24) is 9.71 Å². The Morgan fingerprint density at radius 2 is 1.86 bits per heavy atom. The van der Waals surface area contributed by atoms with E-state index in [1.807, 2.05) is 0 Å². The number of hydrogen-bond acceptors (Lipinski definition) is 3. The molecule has 7 heteroatoms. The summed E-state index contributed by atoms with van der Waals surface area (Å²) < 4.78 is 23.9. The van der Waals surface area contributed by atoms with Crippen LogP contribution in [0.1, 0.15) is 5.56 Å². The van der Waals surface area contributed by atoms with E-state index in [4.69, 9.17) is 23.2 Å². The maximum atomic E-state index is 10.8. The van der Waals surface area contributed by atoms with Gasteiger partial charge < -0.3 is 0 Å². The molecule has 0 atom stereocenters. The first-order chi connectivity index (χ1) is 6.37. The highest BCUT2D eigenvalue weighted by Gasteiger charge is 2.03. The molecule has 1 N–H and O–H groups in total. The average Bonchev–Trinajstić information content (AvgIpc) is 1.97. The summed E-state index contributed by atoms with van der Waals surface area (Å²) in [7, 11) is -3.20. The largest absolute Gasteiger partial charge is 0.224 e. The molecule has 0 radical (unpaired) electrons. The predicted molar refractivity (Wildman–Crippen MR) is 55.9 cm³/mol. The Labute approximate surface area is 92.3 Å². The predicted octanol–water partition coefficient (Wildman–Crippen LogP) is 1.44. The molecule has 0 aliphatic rings. The summed E-state index contributed by atoms with van der Waals surface area (Å²) in [6.07, 6.45) is 1.08. The van der Waals surface area contributed by atoms with E-state index in [2.05, 4.69) is 9.71 Å². The van der Waals surface area contributed by atoms with Crippen LogP contribution < -0.4 is 4.72 Å². The number of hydrogen-bond donors (Lipinski definition) is 1. The highest BCUT2D eigenvalue weighted by Crippen LogP contribution is 2.14. The zero-order valence-corrected chi connectivity index (χ0v) is 9.62. The zero-order valence-electron chi connectivity index (χ0n) is 7.29. The van der Waals surface area contributed by atoms with Crippen molar-refractivity contribution in [2.45, 2.75) is 6.54 Å². The van der Waals surface area contributed by atoms with Crippen molar-refractivity contribution in [3.63, 3.8) is 0 Å². The molecular weight excluding hydrogens is 247 g/mol. The molecule has 1 aromatic rings. The lowest BCUT2D eigenvalue weighted by Crippen LogP contribution is -2.21. The number of nitrogens with one attached hydrogen (secondary N) is 1. The second kappa shape index (κ2) is 4.44. The summed E-state index contributed by atoms with van der Waals surface area (Å²) in [5.41, 5.74) is 0.667. The van der Waals surface area contributed by atoms with Crippen LogP contribution >= 0.6 is 23.2 Å². The first-order valence-corrected chi connectivity index (χ1v) is 6.28. The molecule has 0 aliphatic carbocycles. The summed E-state index contributed by atoms with van der Waals surface area (Å²) in [6.45, 7) is 0.154. The fourth-order valence-corrected chi connectivity index (χ4v) is 1.77. The lowest BCUT2D eigenvalue weighted by molar-refractivity contribution is 0.587. The van der Waals surface area contributed by atoms with Crippen LogP contribution in [0.5, 0.6) is 0 Å². The topological polar surface area (TPSA) is 59.1 Å². The van der Waals surface area contributed by atoms with Gasteiger partial charge in [0.15, 0.2) is 0 Å². The molecule has 0 amide bonds.